The normalized spacial score (nSPS) is 30.0. The van der Waals surface area contributed by atoms with Gasteiger partial charge in [-0.2, -0.15) is 4.98 Å². The van der Waals surface area contributed by atoms with Crippen LogP contribution in [0.2, 0.25) is 0 Å². The van der Waals surface area contributed by atoms with Gasteiger partial charge in [0.25, 0.3) is 0 Å². The summed E-state index contributed by atoms with van der Waals surface area (Å²) in [6.07, 6.45) is -3.28. The lowest BCUT2D eigenvalue weighted by atomic mass is 10.1. The Morgan fingerprint density at radius 2 is 2.09 bits per heavy atom. The Hall–Kier alpha value is -1.70. The minimum absolute atomic E-state index is 0.0482. The number of fused-ring (bicyclic) bond motifs is 1. The largest absolute Gasteiger partial charge is 0.394 e. The molecule has 1 aliphatic heterocycles. The Morgan fingerprint density at radius 1 is 1.36 bits per heavy atom. The molecule has 2 aromatic heterocycles. The van der Waals surface area contributed by atoms with Crippen LogP contribution in [0.25, 0.3) is 11.2 Å². The highest BCUT2D eigenvalue weighted by Gasteiger charge is 2.44. The molecular formula is C10H14N6O5S. The monoisotopic (exact) mass is 330 g/mol. The molecular weight excluding hydrogens is 316 g/mol. The summed E-state index contributed by atoms with van der Waals surface area (Å²) in [6.45, 7) is -0.462. The molecule has 5 atom stereocenters. The lowest BCUT2D eigenvalue weighted by molar-refractivity contribution is -0.0511. The van der Waals surface area contributed by atoms with Gasteiger partial charge in [0, 0.05) is 0 Å². The van der Waals surface area contributed by atoms with E-state index in [9.17, 15) is 14.4 Å². The zero-order valence-electron chi connectivity index (χ0n) is 11.1. The zero-order chi connectivity index (χ0) is 16.0. The minimum Gasteiger partial charge on any atom is -0.394 e. The molecule has 0 aromatic carbocycles. The van der Waals surface area contributed by atoms with Crippen LogP contribution in [0, 0.1) is 0 Å². The molecule has 0 spiro atoms. The second-order valence-corrected chi connectivity index (χ2v) is 5.72. The first-order valence-electron chi connectivity index (χ1n) is 6.22. The molecule has 2 aromatic rings. The molecule has 1 unspecified atom stereocenters. The van der Waals surface area contributed by atoms with E-state index in [4.69, 9.17) is 20.7 Å². The van der Waals surface area contributed by atoms with Crippen LogP contribution in [0.3, 0.4) is 0 Å². The van der Waals surface area contributed by atoms with Crippen molar-refractivity contribution in [3.63, 3.8) is 0 Å². The molecule has 3 heterocycles. The molecule has 120 valence electrons. The molecule has 3 rings (SSSR count). The number of anilines is 1. The van der Waals surface area contributed by atoms with Crippen molar-refractivity contribution in [2.45, 2.75) is 29.6 Å². The molecule has 0 bridgehead atoms. The van der Waals surface area contributed by atoms with Crippen molar-refractivity contribution in [2.24, 2.45) is 5.14 Å². The summed E-state index contributed by atoms with van der Waals surface area (Å²) in [7, 11) is -1.93. The number of ether oxygens (including phenoxy) is 1. The van der Waals surface area contributed by atoms with Crippen LogP contribution in [-0.4, -0.2) is 64.0 Å². The molecule has 7 N–H and O–H groups in total. The first kappa shape index (κ1) is 15.2. The van der Waals surface area contributed by atoms with Gasteiger partial charge in [-0.25, -0.2) is 19.3 Å². The number of nitrogen functional groups attached to an aromatic ring is 1. The van der Waals surface area contributed by atoms with E-state index < -0.39 is 42.1 Å². The quantitative estimate of drug-likeness (QED) is 0.366. The Balaban J connectivity index is 2.11. The van der Waals surface area contributed by atoms with Gasteiger partial charge in [-0.15, -0.1) is 0 Å². The predicted octanol–water partition coefficient (Wildman–Crippen LogP) is -3.00. The second-order valence-electron chi connectivity index (χ2n) is 4.74. The Labute approximate surface area is 126 Å². The van der Waals surface area contributed by atoms with Gasteiger partial charge in [0.2, 0.25) is 5.95 Å². The molecule has 0 aliphatic carbocycles. The number of aromatic nitrogens is 4. The van der Waals surface area contributed by atoms with Gasteiger partial charge in [-0.3, -0.25) is 4.57 Å². The van der Waals surface area contributed by atoms with Gasteiger partial charge in [0.1, 0.15) is 34.8 Å². The fraction of sp³-hybridized carbons (Fsp3) is 0.500. The number of nitrogens with two attached hydrogens (primary N) is 2. The third kappa shape index (κ3) is 2.25. The zero-order valence-corrected chi connectivity index (χ0v) is 11.9. The van der Waals surface area contributed by atoms with Crippen molar-refractivity contribution in [3.05, 3.63) is 6.33 Å². The maximum absolute atomic E-state index is 11.5. The van der Waals surface area contributed by atoms with Crippen molar-refractivity contribution in [2.75, 3.05) is 12.3 Å². The number of hydrogen-bond donors (Lipinski definition) is 5. The lowest BCUT2D eigenvalue weighted by Crippen LogP contribution is -2.33. The van der Waals surface area contributed by atoms with Gasteiger partial charge >= 0.3 is 0 Å². The van der Waals surface area contributed by atoms with Crippen molar-refractivity contribution in [1.29, 1.82) is 0 Å². The summed E-state index contributed by atoms with van der Waals surface area (Å²) >= 11 is 0. The maximum atomic E-state index is 11.5. The average molecular weight is 330 g/mol. The van der Waals surface area contributed by atoms with Gasteiger partial charge in [-0.1, -0.05) is 0 Å². The number of nitrogens with zero attached hydrogens (tertiary/aromatic N) is 4. The van der Waals surface area contributed by atoms with E-state index in [-0.39, 0.29) is 22.1 Å². The molecule has 1 aliphatic rings. The Morgan fingerprint density at radius 3 is 2.68 bits per heavy atom. The van der Waals surface area contributed by atoms with E-state index in [0.29, 0.717) is 0 Å². The smallest absolute Gasteiger partial charge is 0.223 e. The Kier molecular flexibility index (Phi) is 3.80. The number of hydrogen-bond acceptors (Lipinski definition) is 9. The van der Waals surface area contributed by atoms with Crippen molar-refractivity contribution < 1.29 is 24.3 Å². The van der Waals surface area contributed by atoms with E-state index in [1.165, 1.54) is 10.9 Å². The molecule has 12 heteroatoms. The first-order chi connectivity index (χ1) is 10.4. The molecule has 1 saturated heterocycles. The molecule has 11 nitrogen and oxygen atoms in total. The SMILES string of the molecule is Nc1nc(S(N)=O)c2ncn([C@@H]3O[C@H](CO)[C@@H](O)[C@H]3O)c2n1. The highest BCUT2D eigenvalue weighted by atomic mass is 32.2. The van der Waals surface area contributed by atoms with E-state index >= 15 is 0 Å². The number of imidazole rings is 1. The van der Waals surface area contributed by atoms with Crippen LogP contribution >= 0.6 is 0 Å². The average Bonchev–Trinajstić information content (AvgIpc) is 3.00. The lowest BCUT2D eigenvalue weighted by Gasteiger charge is -2.16. The molecule has 1 fully saturated rings. The molecule has 0 amide bonds. The summed E-state index contributed by atoms with van der Waals surface area (Å²) in [5.41, 5.74) is 5.85. The fourth-order valence-electron chi connectivity index (χ4n) is 2.34. The summed E-state index contributed by atoms with van der Waals surface area (Å²) in [5, 5.41) is 34.2. The summed E-state index contributed by atoms with van der Waals surface area (Å²) in [5.74, 6) is -0.171. The molecule has 0 radical (unpaired) electrons. The highest BCUT2D eigenvalue weighted by molar-refractivity contribution is 7.82. The number of aliphatic hydroxyl groups excluding tert-OH is 3. The Bertz CT molecular complexity index is 738. The maximum Gasteiger partial charge on any atom is 0.223 e. The molecule has 22 heavy (non-hydrogen) atoms. The minimum atomic E-state index is -1.93. The molecule has 0 saturated carbocycles. The van der Waals surface area contributed by atoms with E-state index in [0.717, 1.165) is 0 Å². The van der Waals surface area contributed by atoms with Crippen LogP contribution in [0.4, 0.5) is 5.95 Å². The van der Waals surface area contributed by atoms with Gasteiger partial charge in [0.05, 0.1) is 12.9 Å². The van der Waals surface area contributed by atoms with Crippen LogP contribution in [0.15, 0.2) is 11.4 Å². The first-order valence-corrected chi connectivity index (χ1v) is 7.44. The third-order valence-electron chi connectivity index (χ3n) is 3.39. The fourth-order valence-corrected chi connectivity index (χ4v) is 2.86. The van der Waals surface area contributed by atoms with Gasteiger partial charge in [0.15, 0.2) is 16.9 Å². The standard InChI is InChI=1S/C10H14N6O5S/c11-10-14-7-4(8(15-10)22(12)20)13-2-16(7)9-6(19)5(18)3(1-17)21-9/h2-3,5-6,9,17-19H,1,12H2,(H2,11,14,15)/t3-,5-,6-,9-,22?/m1/s1. The summed E-state index contributed by atoms with van der Waals surface area (Å²) in [6, 6.07) is 0. The van der Waals surface area contributed by atoms with E-state index in [2.05, 4.69) is 15.0 Å². The van der Waals surface area contributed by atoms with Crippen LogP contribution in [0.1, 0.15) is 6.23 Å². The van der Waals surface area contributed by atoms with Gasteiger partial charge in [-0.05, 0) is 0 Å². The van der Waals surface area contributed by atoms with Crippen molar-refractivity contribution in [3.8, 4) is 0 Å². The number of rotatable bonds is 3. The predicted molar refractivity (Wildman–Crippen MR) is 73.3 cm³/mol. The van der Waals surface area contributed by atoms with Crippen molar-refractivity contribution >= 4 is 28.1 Å². The van der Waals surface area contributed by atoms with Crippen molar-refractivity contribution in [1.82, 2.24) is 19.5 Å². The van der Waals surface area contributed by atoms with Gasteiger partial charge < -0.3 is 25.8 Å². The third-order valence-corrected chi connectivity index (χ3v) is 4.05. The van der Waals surface area contributed by atoms with Crippen LogP contribution in [0.5, 0.6) is 0 Å². The van der Waals surface area contributed by atoms with E-state index in [1.807, 2.05) is 0 Å². The summed E-state index contributed by atoms with van der Waals surface area (Å²) < 4.78 is 18.2. The number of aliphatic hydroxyl groups is 3. The highest BCUT2D eigenvalue weighted by Crippen LogP contribution is 2.31. The van der Waals surface area contributed by atoms with E-state index in [1.54, 1.807) is 0 Å². The van der Waals surface area contributed by atoms with Crippen LogP contribution < -0.4 is 10.9 Å². The van der Waals surface area contributed by atoms with Crippen LogP contribution in [-0.2, 0) is 15.7 Å². The second kappa shape index (κ2) is 5.49. The topological polar surface area (TPSA) is 183 Å². The summed E-state index contributed by atoms with van der Waals surface area (Å²) in [4.78, 5) is 11.8.